The molecule has 0 saturated heterocycles. The first-order valence-corrected chi connectivity index (χ1v) is 8.31. The van der Waals surface area contributed by atoms with Gasteiger partial charge in [-0.2, -0.15) is 5.10 Å². The van der Waals surface area contributed by atoms with E-state index in [0.29, 0.717) is 11.4 Å². The van der Waals surface area contributed by atoms with Crippen LogP contribution < -0.4 is 15.4 Å². The van der Waals surface area contributed by atoms with Crippen LogP contribution in [-0.2, 0) is 13.7 Å². The highest BCUT2D eigenvalue weighted by molar-refractivity contribution is 6.06. The van der Waals surface area contributed by atoms with Gasteiger partial charge < -0.3 is 19.8 Å². The summed E-state index contributed by atoms with van der Waals surface area (Å²) in [6.45, 7) is 2.18. The number of rotatable bonds is 6. The van der Waals surface area contributed by atoms with Crippen LogP contribution in [0.25, 0.3) is 0 Å². The molecule has 0 radical (unpaired) electrons. The Kier molecular flexibility index (Phi) is 5.25. The van der Waals surface area contributed by atoms with E-state index in [0.717, 1.165) is 11.3 Å². The zero-order valence-electron chi connectivity index (χ0n) is 15.3. The van der Waals surface area contributed by atoms with Crippen molar-refractivity contribution in [1.29, 1.82) is 0 Å². The van der Waals surface area contributed by atoms with Gasteiger partial charge in [0, 0.05) is 20.3 Å². The standard InChI is InChI=1S/C19H20N4O4/c1-12-5-4-6-13(9-12)26-11-14-7-8-16(27-14)18(24)21-15-10-23(3)22-17(15)19(25)20-2/h4-10H,11H2,1-3H3,(H,20,25)(H,21,24). The van der Waals surface area contributed by atoms with Crippen molar-refractivity contribution in [2.45, 2.75) is 13.5 Å². The average Bonchev–Trinajstić information content (AvgIpc) is 3.26. The van der Waals surface area contributed by atoms with Crippen molar-refractivity contribution in [3.05, 3.63) is 65.4 Å². The van der Waals surface area contributed by atoms with E-state index in [2.05, 4.69) is 15.7 Å². The molecule has 0 aliphatic heterocycles. The van der Waals surface area contributed by atoms with E-state index in [4.69, 9.17) is 9.15 Å². The van der Waals surface area contributed by atoms with Gasteiger partial charge in [-0.1, -0.05) is 12.1 Å². The lowest BCUT2D eigenvalue weighted by Gasteiger charge is -2.05. The van der Waals surface area contributed by atoms with E-state index in [9.17, 15) is 9.59 Å². The minimum atomic E-state index is -0.477. The number of amides is 2. The zero-order chi connectivity index (χ0) is 19.4. The fraction of sp³-hybridized carbons (Fsp3) is 0.211. The Balaban J connectivity index is 1.66. The molecular weight excluding hydrogens is 348 g/mol. The first-order chi connectivity index (χ1) is 13.0. The number of nitrogens with one attached hydrogen (secondary N) is 2. The molecule has 0 aliphatic rings. The summed E-state index contributed by atoms with van der Waals surface area (Å²) in [6.07, 6.45) is 1.55. The topological polar surface area (TPSA) is 98.4 Å². The van der Waals surface area contributed by atoms with E-state index in [1.54, 1.807) is 25.4 Å². The van der Waals surface area contributed by atoms with Crippen LogP contribution in [0, 0.1) is 6.92 Å². The largest absolute Gasteiger partial charge is 0.486 e. The van der Waals surface area contributed by atoms with Crippen LogP contribution in [0.1, 0.15) is 32.4 Å². The molecule has 0 saturated carbocycles. The van der Waals surface area contributed by atoms with Gasteiger partial charge in [-0.05, 0) is 36.8 Å². The molecule has 0 spiro atoms. The SMILES string of the molecule is CNC(=O)c1nn(C)cc1NC(=O)c1ccc(COc2cccc(C)c2)o1. The van der Waals surface area contributed by atoms with Crippen LogP contribution in [0.3, 0.4) is 0 Å². The summed E-state index contributed by atoms with van der Waals surface area (Å²) >= 11 is 0. The highest BCUT2D eigenvalue weighted by Gasteiger charge is 2.19. The number of hydrogen-bond donors (Lipinski definition) is 2. The first kappa shape index (κ1) is 18.2. The molecule has 0 aliphatic carbocycles. The minimum Gasteiger partial charge on any atom is -0.486 e. The second kappa shape index (κ2) is 7.77. The van der Waals surface area contributed by atoms with Crippen LogP contribution in [0.5, 0.6) is 5.75 Å². The quantitative estimate of drug-likeness (QED) is 0.697. The van der Waals surface area contributed by atoms with Gasteiger partial charge in [0.25, 0.3) is 11.8 Å². The van der Waals surface area contributed by atoms with Gasteiger partial charge >= 0.3 is 0 Å². The molecule has 140 valence electrons. The molecule has 8 heteroatoms. The monoisotopic (exact) mass is 368 g/mol. The summed E-state index contributed by atoms with van der Waals surface area (Å²) in [5.41, 5.74) is 1.52. The maximum atomic E-state index is 12.4. The number of benzene rings is 1. The minimum absolute atomic E-state index is 0.115. The Morgan fingerprint density at radius 2 is 2.04 bits per heavy atom. The molecule has 0 fully saturated rings. The molecule has 2 amide bonds. The number of hydrogen-bond acceptors (Lipinski definition) is 5. The number of ether oxygens (including phenoxy) is 1. The lowest BCUT2D eigenvalue weighted by molar-refractivity contribution is 0.0958. The molecule has 2 heterocycles. The molecule has 27 heavy (non-hydrogen) atoms. The Morgan fingerprint density at radius 3 is 2.78 bits per heavy atom. The summed E-state index contributed by atoms with van der Waals surface area (Å²) < 4.78 is 12.6. The third kappa shape index (κ3) is 4.35. The maximum Gasteiger partial charge on any atom is 0.291 e. The molecule has 2 aromatic heterocycles. The maximum absolute atomic E-state index is 12.4. The highest BCUT2D eigenvalue weighted by atomic mass is 16.5. The molecular formula is C19H20N4O4. The second-order valence-electron chi connectivity index (χ2n) is 5.97. The number of carbonyl (C=O) groups is 2. The van der Waals surface area contributed by atoms with Gasteiger partial charge in [0.2, 0.25) is 0 Å². The van der Waals surface area contributed by atoms with Crippen molar-refractivity contribution >= 4 is 17.5 Å². The van der Waals surface area contributed by atoms with E-state index >= 15 is 0 Å². The Hall–Kier alpha value is -3.55. The van der Waals surface area contributed by atoms with Gasteiger partial charge in [-0.25, -0.2) is 0 Å². The second-order valence-corrected chi connectivity index (χ2v) is 5.97. The third-order valence-electron chi connectivity index (χ3n) is 3.78. The van der Waals surface area contributed by atoms with Gasteiger partial charge in [-0.3, -0.25) is 14.3 Å². The number of aryl methyl sites for hydroxylation is 2. The van der Waals surface area contributed by atoms with E-state index in [-0.39, 0.29) is 18.1 Å². The van der Waals surface area contributed by atoms with Crippen molar-refractivity contribution in [2.75, 3.05) is 12.4 Å². The first-order valence-electron chi connectivity index (χ1n) is 8.31. The fourth-order valence-corrected chi connectivity index (χ4v) is 2.49. The summed E-state index contributed by atoms with van der Waals surface area (Å²) in [7, 11) is 3.16. The van der Waals surface area contributed by atoms with E-state index < -0.39 is 11.8 Å². The van der Waals surface area contributed by atoms with Crippen molar-refractivity contribution in [3.63, 3.8) is 0 Å². The van der Waals surface area contributed by atoms with Gasteiger partial charge in [0.15, 0.2) is 11.5 Å². The van der Waals surface area contributed by atoms with Crippen molar-refractivity contribution in [3.8, 4) is 5.75 Å². The lowest BCUT2D eigenvalue weighted by atomic mass is 10.2. The van der Waals surface area contributed by atoms with Crippen molar-refractivity contribution in [2.24, 2.45) is 7.05 Å². The Labute approximate surface area is 156 Å². The number of furan rings is 1. The predicted molar refractivity (Wildman–Crippen MR) is 98.8 cm³/mol. The van der Waals surface area contributed by atoms with Gasteiger partial charge in [0.05, 0.1) is 5.69 Å². The molecule has 8 nitrogen and oxygen atoms in total. The fourth-order valence-electron chi connectivity index (χ4n) is 2.49. The normalized spacial score (nSPS) is 10.5. The van der Waals surface area contributed by atoms with Crippen LogP contribution in [0.4, 0.5) is 5.69 Å². The average molecular weight is 368 g/mol. The van der Waals surface area contributed by atoms with Crippen LogP contribution in [0.15, 0.2) is 47.0 Å². The molecule has 0 unspecified atom stereocenters. The van der Waals surface area contributed by atoms with Crippen molar-refractivity contribution in [1.82, 2.24) is 15.1 Å². The molecule has 0 atom stereocenters. The number of carbonyl (C=O) groups excluding carboxylic acids is 2. The summed E-state index contributed by atoms with van der Waals surface area (Å²) in [5.74, 6) is 0.486. The predicted octanol–water partition coefficient (Wildman–Crippen LogP) is 2.51. The Morgan fingerprint density at radius 1 is 1.22 bits per heavy atom. The van der Waals surface area contributed by atoms with Crippen LogP contribution in [0.2, 0.25) is 0 Å². The Bertz CT molecular complexity index is 974. The van der Waals surface area contributed by atoms with Gasteiger partial charge in [0.1, 0.15) is 18.1 Å². The number of nitrogens with zero attached hydrogens (tertiary/aromatic N) is 2. The molecule has 1 aromatic carbocycles. The smallest absolute Gasteiger partial charge is 0.291 e. The number of anilines is 1. The van der Waals surface area contributed by atoms with Crippen LogP contribution >= 0.6 is 0 Å². The highest BCUT2D eigenvalue weighted by Crippen LogP contribution is 2.18. The van der Waals surface area contributed by atoms with E-state index in [1.807, 2.05) is 31.2 Å². The summed E-state index contributed by atoms with van der Waals surface area (Å²) in [5, 5.41) is 9.16. The summed E-state index contributed by atoms with van der Waals surface area (Å²) in [6, 6.07) is 10.9. The van der Waals surface area contributed by atoms with Crippen molar-refractivity contribution < 1.29 is 18.7 Å². The zero-order valence-corrected chi connectivity index (χ0v) is 15.3. The molecule has 3 rings (SSSR count). The molecule has 0 bridgehead atoms. The molecule has 3 aromatic rings. The van der Waals surface area contributed by atoms with Gasteiger partial charge in [-0.15, -0.1) is 0 Å². The van der Waals surface area contributed by atoms with E-state index in [1.165, 1.54) is 11.7 Å². The third-order valence-corrected chi connectivity index (χ3v) is 3.78. The number of aromatic nitrogens is 2. The lowest BCUT2D eigenvalue weighted by Crippen LogP contribution is -2.21. The molecule has 2 N–H and O–H groups in total. The summed E-state index contributed by atoms with van der Waals surface area (Å²) in [4.78, 5) is 24.2. The van der Waals surface area contributed by atoms with Crippen LogP contribution in [-0.4, -0.2) is 28.6 Å².